The van der Waals surface area contributed by atoms with Crippen LogP contribution in [0.2, 0.25) is 5.02 Å². The van der Waals surface area contributed by atoms with E-state index >= 15 is 0 Å². The fourth-order valence-corrected chi connectivity index (χ4v) is 2.68. The van der Waals surface area contributed by atoms with Crippen LogP contribution >= 0.6 is 11.6 Å². The predicted octanol–water partition coefficient (Wildman–Crippen LogP) is 1.69. The van der Waals surface area contributed by atoms with E-state index in [1.807, 2.05) is 0 Å². The van der Waals surface area contributed by atoms with Crippen molar-refractivity contribution in [3.63, 3.8) is 0 Å². The van der Waals surface area contributed by atoms with Gasteiger partial charge in [-0.2, -0.15) is 0 Å². The Morgan fingerprint density at radius 2 is 2.13 bits per heavy atom. The van der Waals surface area contributed by atoms with E-state index in [0.717, 1.165) is 0 Å². The number of nitrogens with two attached hydrogens (primary N) is 1. The number of rotatable bonds is 4. The molecule has 6 heteroatoms. The summed E-state index contributed by atoms with van der Waals surface area (Å²) < 4.78 is 28.3. The van der Waals surface area contributed by atoms with Gasteiger partial charge in [0.2, 0.25) is 9.84 Å². The van der Waals surface area contributed by atoms with Crippen molar-refractivity contribution in [2.45, 2.75) is 11.8 Å². The Hall–Kier alpha value is -0.780. The maximum Gasteiger partial charge on any atom is 0.203 e. The summed E-state index contributed by atoms with van der Waals surface area (Å²) in [6.07, 6.45) is 0. The van der Waals surface area contributed by atoms with Gasteiger partial charge in [-0.15, -0.1) is 0 Å². The first-order valence-electron chi connectivity index (χ1n) is 4.33. The van der Waals surface area contributed by atoms with Crippen LogP contribution in [0.3, 0.4) is 0 Å². The average molecular weight is 250 g/mol. The second kappa shape index (κ2) is 4.83. The number of halogens is 1. The maximum atomic E-state index is 11.7. The molecule has 0 saturated heterocycles. The standard InChI is InChI=1S/C9H12ClNO3S/c1-2-14-6-15(12,13)9-5-7(11)3-4-8(9)10/h3-5H,2,6,11H2,1H3. The molecule has 0 aliphatic rings. The highest BCUT2D eigenvalue weighted by atomic mass is 35.5. The number of anilines is 1. The van der Waals surface area contributed by atoms with Crippen molar-refractivity contribution in [2.75, 3.05) is 18.3 Å². The Balaban J connectivity index is 3.09. The third-order valence-corrected chi connectivity index (χ3v) is 3.66. The van der Waals surface area contributed by atoms with Crippen molar-refractivity contribution in [3.8, 4) is 0 Å². The number of ether oxygens (including phenoxy) is 1. The van der Waals surface area contributed by atoms with E-state index < -0.39 is 9.84 Å². The first-order chi connectivity index (χ1) is 6.97. The monoisotopic (exact) mass is 249 g/mol. The molecule has 2 N–H and O–H groups in total. The summed E-state index contributed by atoms with van der Waals surface area (Å²) in [7, 11) is -3.51. The Morgan fingerprint density at radius 3 is 2.73 bits per heavy atom. The topological polar surface area (TPSA) is 69.4 Å². The van der Waals surface area contributed by atoms with Gasteiger partial charge in [0, 0.05) is 12.3 Å². The van der Waals surface area contributed by atoms with Crippen molar-refractivity contribution in [2.24, 2.45) is 0 Å². The van der Waals surface area contributed by atoms with Crippen molar-refractivity contribution in [1.82, 2.24) is 0 Å². The van der Waals surface area contributed by atoms with Gasteiger partial charge in [0.25, 0.3) is 0 Å². The Morgan fingerprint density at radius 1 is 1.47 bits per heavy atom. The Bertz CT molecular complexity index is 445. The molecule has 0 aromatic heterocycles. The number of nitrogen functional groups attached to an aromatic ring is 1. The van der Waals surface area contributed by atoms with E-state index in [0.29, 0.717) is 12.3 Å². The summed E-state index contributed by atoms with van der Waals surface area (Å²) in [6.45, 7) is 2.05. The Labute approximate surface area is 93.9 Å². The molecule has 0 atom stereocenters. The molecule has 0 radical (unpaired) electrons. The molecule has 0 fully saturated rings. The molecule has 0 aliphatic heterocycles. The lowest BCUT2D eigenvalue weighted by Crippen LogP contribution is -2.10. The van der Waals surface area contributed by atoms with Crippen LogP contribution in [0, 0.1) is 0 Å². The SMILES string of the molecule is CCOCS(=O)(=O)c1cc(N)ccc1Cl. The zero-order valence-corrected chi connectivity index (χ0v) is 9.81. The summed E-state index contributed by atoms with van der Waals surface area (Å²) in [4.78, 5) is 0.0117. The average Bonchev–Trinajstić information content (AvgIpc) is 2.18. The molecular formula is C9H12ClNO3S. The van der Waals surface area contributed by atoms with E-state index in [2.05, 4.69) is 0 Å². The molecule has 4 nitrogen and oxygen atoms in total. The van der Waals surface area contributed by atoms with E-state index in [1.54, 1.807) is 13.0 Å². The van der Waals surface area contributed by atoms with Crippen molar-refractivity contribution < 1.29 is 13.2 Å². The summed E-state index contributed by atoms with van der Waals surface area (Å²) in [5, 5.41) is 0.156. The minimum Gasteiger partial charge on any atom is -0.399 e. The Kier molecular flexibility index (Phi) is 3.96. The highest BCUT2D eigenvalue weighted by molar-refractivity contribution is 7.91. The lowest BCUT2D eigenvalue weighted by atomic mass is 10.3. The van der Waals surface area contributed by atoms with E-state index in [4.69, 9.17) is 22.1 Å². The summed E-state index contributed by atoms with van der Waals surface area (Å²) in [5.41, 5.74) is 5.84. The predicted molar refractivity (Wildman–Crippen MR) is 59.5 cm³/mol. The van der Waals surface area contributed by atoms with Gasteiger partial charge in [-0.3, -0.25) is 0 Å². The largest absolute Gasteiger partial charge is 0.399 e. The number of benzene rings is 1. The smallest absolute Gasteiger partial charge is 0.203 e. The van der Waals surface area contributed by atoms with Crippen molar-refractivity contribution in [1.29, 1.82) is 0 Å². The van der Waals surface area contributed by atoms with Crippen LogP contribution in [0.5, 0.6) is 0 Å². The quantitative estimate of drug-likeness (QED) is 0.825. The lowest BCUT2D eigenvalue weighted by Gasteiger charge is -2.07. The third-order valence-electron chi connectivity index (χ3n) is 1.73. The molecule has 1 rings (SSSR count). The summed E-state index contributed by atoms with van der Waals surface area (Å²) in [5.74, 6) is -0.382. The van der Waals surface area contributed by atoms with Gasteiger partial charge in [-0.05, 0) is 25.1 Å². The summed E-state index contributed by atoms with van der Waals surface area (Å²) >= 11 is 5.77. The van der Waals surface area contributed by atoms with Gasteiger partial charge in [0.15, 0.2) is 5.94 Å². The van der Waals surface area contributed by atoms with Crippen LogP contribution in [0.25, 0.3) is 0 Å². The fraction of sp³-hybridized carbons (Fsp3) is 0.333. The molecule has 15 heavy (non-hydrogen) atoms. The fourth-order valence-electron chi connectivity index (χ4n) is 1.01. The first kappa shape index (κ1) is 12.3. The van der Waals surface area contributed by atoms with E-state index in [1.165, 1.54) is 12.1 Å². The van der Waals surface area contributed by atoms with Crippen LogP contribution in [-0.4, -0.2) is 21.0 Å². The van der Waals surface area contributed by atoms with Gasteiger partial charge in [0.05, 0.1) is 9.92 Å². The van der Waals surface area contributed by atoms with Crippen LogP contribution in [-0.2, 0) is 14.6 Å². The zero-order chi connectivity index (χ0) is 11.5. The molecule has 0 bridgehead atoms. The molecule has 0 aliphatic carbocycles. The maximum absolute atomic E-state index is 11.7. The minimum atomic E-state index is -3.51. The molecule has 0 heterocycles. The first-order valence-corrected chi connectivity index (χ1v) is 6.36. The van der Waals surface area contributed by atoms with Crippen LogP contribution in [0.15, 0.2) is 23.1 Å². The highest BCUT2D eigenvalue weighted by Crippen LogP contribution is 2.24. The molecule has 1 aromatic rings. The van der Waals surface area contributed by atoms with Gasteiger partial charge in [0.1, 0.15) is 0 Å². The second-order valence-electron chi connectivity index (χ2n) is 2.92. The van der Waals surface area contributed by atoms with Gasteiger partial charge in [-0.25, -0.2) is 8.42 Å². The van der Waals surface area contributed by atoms with Crippen LogP contribution < -0.4 is 5.73 Å². The van der Waals surface area contributed by atoms with E-state index in [9.17, 15) is 8.42 Å². The number of hydrogen-bond donors (Lipinski definition) is 1. The second-order valence-corrected chi connectivity index (χ2v) is 5.23. The molecule has 0 amide bonds. The third kappa shape index (κ3) is 3.09. The van der Waals surface area contributed by atoms with Gasteiger partial charge >= 0.3 is 0 Å². The molecule has 84 valence electrons. The van der Waals surface area contributed by atoms with E-state index in [-0.39, 0.29) is 15.9 Å². The number of sulfone groups is 1. The molecule has 0 spiro atoms. The van der Waals surface area contributed by atoms with Crippen molar-refractivity contribution >= 4 is 27.1 Å². The highest BCUT2D eigenvalue weighted by Gasteiger charge is 2.18. The molecule has 0 unspecified atom stereocenters. The van der Waals surface area contributed by atoms with Gasteiger partial charge < -0.3 is 10.5 Å². The lowest BCUT2D eigenvalue weighted by molar-refractivity contribution is 0.192. The summed E-state index contributed by atoms with van der Waals surface area (Å²) in [6, 6.07) is 4.33. The molecule has 1 aromatic carbocycles. The minimum absolute atomic E-state index is 0.0117. The number of hydrogen-bond acceptors (Lipinski definition) is 4. The van der Waals surface area contributed by atoms with Crippen molar-refractivity contribution in [3.05, 3.63) is 23.2 Å². The van der Waals surface area contributed by atoms with Crippen LogP contribution in [0.4, 0.5) is 5.69 Å². The van der Waals surface area contributed by atoms with Gasteiger partial charge in [-0.1, -0.05) is 11.6 Å². The normalized spacial score (nSPS) is 11.6. The molecular weight excluding hydrogens is 238 g/mol. The molecule has 0 saturated carbocycles. The van der Waals surface area contributed by atoms with Crippen LogP contribution in [0.1, 0.15) is 6.92 Å². The zero-order valence-electron chi connectivity index (χ0n) is 8.23.